The van der Waals surface area contributed by atoms with Crippen molar-refractivity contribution in [2.75, 3.05) is 25.7 Å². The lowest BCUT2D eigenvalue weighted by Gasteiger charge is -2.25. The van der Waals surface area contributed by atoms with Crippen LogP contribution in [0.5, 0.6) is 0 Å². The SMILES string of the molecule is COCC(C)N(C)c1nc(Cl)nc2[nH]ncc12. The number of aromatic nitrogens is 4. The fourth-order valence-corrected chi connectivity index (χ4v) is 1.79. The number of nitrogens with zero attached hydrogens (tertiary/aromatic N) is 4. The van der Waals surface area contributed by atoms with Gasteiger partial charge in [-0.25, -0.2) is 0 Å². The maximum atomic E-state index is 5.88. The molecule has 7 heteroatoms. The summed E-state index contributed by atoms with van der Waals surface area (Å²) in [5.41, 5.74) is 0.636. The van der Waals surface area contributed by atoms with Crippen LogP contribution in [0.15, 0.2) is 6.20 Å². The molecule has 0 aliphatic carbocycles. The Bertz CT molecular complexity index is 514. The fourth-order valence-electron chi connectivity index (χ4n) is 1.62. The van der Waals surface area contributed by atoms with Gasteiger partial charge in [-0.15, -0.1) is 0 Å². The second kappa shape index (κ2) is 4.85. The largest absolute Gasteiger partial charge is 0.383 e. The lowest BCUT2D eigenvalue weighted by atomic mass is 10.3. The van der Waals surface area contributed by atoms with Gasteiger partial charge >= 0.3 is 0 Å². The molecule has 2 heterocycles. The second-order valence-corrected chi connectivity index (χ2v) is 4.20. The van der Waals surface area contributed by atoms with Gasteiger partial charge in [-0.3, -0.25) is 5.10 Å². The van der Waals surface area contributed by atoms with Crippen LogP contribution in [0.2, 0.25) is 5.28 Å². The summed E-state index contributed by atoms with van der Waals surface area (Å²) < 4.78 is 5.13. The molecule has 2 aromatic heterocycles. The summed E-state index contributed by atoms with van der Waals surface area (Å²) in [6.45, 7) is 2.66. The minimum absolute atomic E-state index is 0.184. The van der Waals surface area contributed by atoms with Crippen LogP contribution in [0, 0.1) is 0 Å². The summed E-state index contributed by atoms with van der Waals surface area (Å²) in [4.78, 5) is 10.3. The molecule has 0 saturated heterocycles. The number of ether oxygens (including phenoxy) is 1. The van der Waals surface area contributed by atoms with E-state index in [0.717, 1.165) is 11.2 Å². The molecule has 0 amide bonds. The lowest BCUT2D eigenvalue weighted by Crippen LogP contribution is -2.33. The van der Waals surface area contributed by atoms with E-state index in [9.17, 15) is 0 Å². The van der Waals surface area contributed by atoms with Crippen LogP contribution < -0.4 is 4.90 Å². The number of halogens is 1. The first kappa shape index (κ1) is 12.1. The van der Waals surface area contributed by atoms with E-state index < -0.39 is 0 Å². The molecule has 0 aliphatic heterocycles. The molecule has 6 nitrogen and oxygen atoms in total. The predicted molar refractivity (Wildman–Crippen MR) is 66.4 cm³/mol. The number of rotatable bonds is 4. The molecule has 0 fully saturated rings. The first-order valence-electron chi connectivity index (χ1n) is 5.22. The zero-order valence-electron chi connectivity index (χ0n) is 9.94. The number of aromatic amines is 1. The third-order valence-corrected chi connectivity index (χ3v) is 2.83. The van der Waals surface area contributed by atoms with E-state index in [1.807, 2.05) is 18.9 Å². The number of H-pyrrole nitrogens is 1. The van der Waals surface area contributed by atoms with Crippen molar-refractivity contribution in [3.63, 3.8) is 0 Å². The normalized spacial score (nSPS) is 12.9. The highest BCUT2D eigenvalue weighted by molar-refractivity contribution is 6.28. The number of nitrogens with one attached hydrogen (secondary N) is 1. The van der Waals surface area contributed by atoms with E-state index in [0.29, 0.717) is 12.3 Å². The Morgan fingerprint density at radius 1 is 1.53 bits per heavy atom. The van der Waals surface area contributed by atoms with Gasteiger partial charge in [0.2, 0.25) is 5.28 Å². The molecule has 17 heavy (non-hydrogen) atoms. The van der Waals surface area contributed by atoms with Gasteiger partial charge < -0.3 is 9.64 Å². The molecular formula is C10H14ClN5O. The first-order valence-corrected chi connectivity index (χ1v) is 5.59. The molecule has 0 aromatic carbocycles. The minimum atomic E-state index is 0.184. The highest BCUT2D eigenvalue weighted by Gasteiger charge is 2.16. The maximum Gasteiger partial charge on any atom is 0.226 e. The van der Waals surface area contributed by atoms with Crippen molar-refractivity contribution in [3.05, 3.63) is 11.5 Å². The fraction of sp³-hybridized carbons (Fsp3) is 0.500. The summed E-state index contributed by atoms with van der Waals surface area (Å²) in [7, 11) is 3.61. The van der Waals surface area contributed by atoms with Crippen molar-refractivity contribution < 1.29 is 4.74 Å². The van der Waals surface area contributed by atoms with Crippen LogP contribution in [-0.2, 0) is 4.74 Å². The van der Waals surface area contributed by atoms with Gasteiger partial charge in [0.25, 0.3) is 0 Å². The molecule has 1 atom stereocenters. The average molecular weight is 256 g/mol. The summed E-state index contributed by atoms with van der Waals surface area (Å²) >= 11 is 5.88. The van der Waals surface area contributed by atoms with Crippen LogP contribution in [0.3, 0.4) is 0 Å². The molecule has 0 radical (unpaired) electrons. The molecule has 1 N–H and O–H groups in total. The number of hydrogen-bond acceptors (Lipinski definition) is 5. The third-order valence-electron chi connectivity index (χ3n) is 2.67. The van der Waals surface area contributed by atoms with E-state index in [-0.39, 0.29) is 11.3 Å². The topological polar surface area (TPSA) is 66.9 Å². The summed E-state index contributed by atoms with van der Waals surface area (Å²) in [6.07, 6.45) is 1.69. The standard InChI is InChI=1S/C10H14ClN5O/c1-6(5-17-3)16(2)9-7-4-12-15-8(7)13-10(11)14-9/h4,6H,5H2,1-3H3,(H,12,13,14,15). The van der Waals surface area contributed by atoms with Crippen LogP contribution in [0.4, 0.5) is 5.82 Å². The summed E-state index contributed by atoms with van der Waals surface area (Å²) in [5.74, 6) is 0.748. The molecule has 0 saturated carbocycles. The Kier molecular flexibility index (Phi) is 3.44. The molecule has 0 bridgehead atoms. The van der Waals surface area contributed by atoms with Crippen LogP contribution in [0.1, 0.15) is 6.92 Å². The zero-order chi connectivity index (χ0) is 12.4. The van der Waals surface area contributed by atoms with Gasteiger partial charge in [0, 0.05) is 14.2 Å². The third kappa shape index (κ3) is 2.32. The number of methoxy groups -OCH3 is 1. The highest BCUT2D eigenvalue weighted by atomic mass is 35.5. The second-order valence-electron chi connectivity index (χ2n) is 3.86. The zero-order valence-corrected chi connectivity index (χ0v) is 10.7. The molecule has 92 valence electrons. The maximum absolute atomic E-state index is 5.88. The Morgan fingerprint density at radius 3 is 3.00 bits per heavy atom. The van der Waals surface area contributed by atoms with E-state index in [2.05, 4.69) is 20.2 Å². The first-order chi connectivity index (χ1) is 8.13. The van der Waals surface area contributed by atoms with E-state index in [4.69, 9.17) is 16.3 Å². The number of hydrogen-bond donors (Lipinski definition) is 1. The molecule has 0 spiro atoms. The number of likely N-dealkylation sites (N-methyl/N-ethyl adjacent to an activating group) is 1. The van der Waals surface area contributed by atoms with E-state index >= 15 is 0 Å². The smallest absolute Gasteiger partial charge is 0.226 e. The molecule has 2 aromatic rings. The minimum Gasteiger partial charge on any atom is -0.383 e. The number of anilines is 1. The quantitative estimate of drug-likeness (QED) is 0.839. The van der Waals surface area contributed by atoms with Crippen molar-refractivity contribution in [2.24, 2.45) is 0 Å². The predicted octanol–water partition coefficient (Wildman–Crippen LogP) is 1.48. The Balaban J connectivity index is 2.43. The lowest BCUT2D eigenvalue weighted by molar-refractivity contribution is 0.183. The Morgan fingerprint density at radius 2 is 2.29 bits per heavy atom. The monoisotopic (exact) mass is 255 g/mol. The Labute approximate surface area is 104 Å². The van der Waals surface area contributed by atoms with Gasteiger partial charge in [0.1, 0.15) is 5.82 Å². The van der Waals surface area contributed by atoms with Gasteiger partial charge in [0.05, 0.1) is 24.2 Å². The van der Waals surface area contributed by atoms with E-state index in [1.165, 1.54) is 0 Å². The highest BCUT2D eigenvalue weighted by Crippen LogP contribution is 2.24. The average Bonchev–Trinajstić information content (AvgIpc) is 2.75. The summed E-state index contributed by atoms with van der Waals surface area (Å²) in [6, 6.07) is 0.184. The van der Waals surface area contributed by atoms with Crippen molar-refractivity contribution in [2.45, 2.75) is 13.0 Å². The Hall–Kier alpha value is -1.40. The molecule has 0 aliphatic rings. The van der Waals surface area contributed by atoms with Crippen LogP contribution in [0.25, 0.3) is 11.0 Å². The molecule has 1 unspecified atom stereocenters. The van der Waals surface area contributed by atoms with Crippen molar-refractivity contribution in [1.82, 2.24) is 20.2 Å². The van der Waals surface area contributed by atoms with Gasteiger partial charge in [-0.05, 0) is 18.5 Å². The van der Waals surface area contributed by atoms with Crippen molar-refractivity contribution in [1.29, 1.82) is 0 Å². The van der Waals surface area contributed by atoms with Crippen molar-refractivity contribution >= 4 is 28.5 Å². The van der Waals surface area contributed by atoms with Crippen LogP contribution in [-0.4, -0.2) is 47.0 Å². The number of fused-ring (bicyclic) bond motifs is 1. The molecule has 2 rings (SSSR count). The summed E-state index contributed by atoms with van der Waals surface area (Å²) in [5, 5.41) is 7.78. The van der Waals surface area contributed by atoms with E-state index in [1.54, 1.807) is 13.3 Å². The van der Waals surface area contributed by atoms with Gasteiger partial charge in [-0.2, -0.15) is 15.1 Å². The van der Waals surface area contributed by atoms with Gasteiger partial charge in [0.15, 0.2) is 5.65 Å². The van der Waals surface area contributed by atoms with Gasteiger partial charge in [-0.1, -0.05) is 0 Å². The van der Waals surface area contributed by atoms with Crippen molar-refractivity contribution in [3.8, 4) is 0 Å². The molecular weight excluding hydrogens is 242 g/mol. The van der Waals surface area contributed by atoms with Crippen LogP contribution >= 0.6 is 11.6 Å².